The summed E-state index contributed by atoms with van der Waals surface area (Å²) in [6, 6.07) is 4.54. The van der Waals surface area contributed by atoms with Gasteiger partial charge in [0.05, 0.1) is 17.1 Å². The molecule has 0 spiro atoms. The Bertz CT molecular complexity index is 405. The molecule has 4 nitrogen and oxygen atoms in total. The average Bonchev–Trinajstić information content (AvgIpc) is 2.17. The van der Waals surface area contributed by atoms with Crippen molar-refractivity contribution in [2.75, 3.05) is 6.61 Å². The smallest absolute Gasteiger partial charge is 0.339 e. The average molecular weight is 292 g/mol. The molecule has 0 radical (unpaired) electrons. The van der Waals surface area contributed by atoms with E-state index in [-0.39, 0.29) is 17.1 Å². The summed E-state index contributed by atoms with van der Waals surface area (Å²) < 4.78 is 26.9. The van der Waals surface area contributed by atoms with Crippen LogP contribution in [-0.2, 0) is 15.8 Å². The van der Waals surface area contributed by atoms with Crippen LogP contribution in [0, 0.1) is 0 Å². The zero-order valence-corrected chi connectivity index (χ0v) is 10.3. The van der Waals surface area contributed by atoms with E-state index in [9.17, 15) is 13.6 Å². The summed E-state index contributed by atoms with van der Waals surface area (Å²) in [6.07, 6.45) is 0. The van der Waals surface area contributed by atoms with Gasteiger partial charge in [-0.05, 0) is 46.1 Å². The molecule has 1 atom stereocenters. The highest BCUT2D eigenvalue weighted by Gasteiger charge is 2.15. The third-order valence-electron chi connectivity index (χ3n) is 1.63. The molecule has 1 unspecified atom stereocenters. The van der Waals surface area contributed by atoms with Crippen molar-refractivity contribution in [3.05, 3.63) is 28.2 Å². The molecule has 0 saturated heterocycles. The van der Waals surface area contributed by atoms with Gasteiger partial charge in [-0.25, -0.2) is 4.79 Å². The summed E-state index contributed by atoms with van der Waals surface area (Å²) >= 11 is 0.592. The molecule has 15 heavy (non-hydrogen) atoms. The van der Waals surface area contributed by atoms with Crippen LogP contribution in [0.4, 0.5) is 0 Å². The lowest BCUT2D eigenvalue weighted by atomic mass is 10.2. The molecular formula is C9H8BrO4S-. The molecule has 0 fully saturated rings. The van der Waals surface area contributed by atoms with Gasteiger partial charge >= 0.3 is 5.97 Å². The molecule has 0 N–H and O–H groups in total. The van der Waals surface area contributed by atoms with Crippen LogP contribution in [0.15, 0.2) is 27.6 Å². The summed E-state index contributed by atoms with van der Waals surface area (Å²) in [7, 11) is 0. The Labute approximate surface area is 98.0 Å². The van der Waals surface area contributed by atoms with Crippen molar-refractivity contribution in [3.8, 4) is 0 Å². The molecule has 6 heteroatoms. The number of hydrogen-bond donors (Lipinski definition) is 0. The molecule has 1 aromatic rings. The first-order valence-corrected chi connectivity index (χ1v) is 5.99. The van der Waals surface area contributed by atoms with Crippen LogP contribution in [-0.4, -0.2) is 21.3 Å². The largest absolute Gasteiger partial charge is 0.768 e. The van der Waals surface area contributed by atoms with E-state index in [1.54, 1.807) is 19.1 Å². The SMILES string of the molecule is CCOC(=O)c1cccc(Br)c1S(=O)[O-]. The molecule has 0 amide bonds. The van der Waals surface area contributed by atoms with Crippen molar-refractivity contribution >= 4 is 33.0 Å². The van der Waals surface area contributed by atoms with Gasteiger partial charge in [-0.15, -0.1) is 0 Å². The highest BCUT2D eigenvalue weighted by Crippen LogP contribution is 2.24. The van der Waals surface area contributed by atoms with Gasteiger partial charge in [0.2, 0.25) is 0 Å². The molecular weight excluding hydrogens is 284 g/mol. The van der Waals surface area contributed by atoms with Gasteiger partial charge in [0, 0.05) is 4.47 Å². The van der Waals surface area contributed by atoms with E-state index in [1.807, 2.05) is 0 Å². The fraction of sp³-hybridized carbons (Fsp3) is 0.222. The lowest BCUT2D eigenvalue weighted by Gasteiger charge is -2.12. The molecule has 0 aliphatic carbocycles. The van der Waals surface area contributed by atoms with Crippen LogP contribution in [0.3, 0.4) is 0 Å². The summed E-state index contributed by atoms with van der Waals surface area (Å²) in [6.45, 7) is 1.86. The predicted octanol–water partition coefficient (Wildman–Crippen LogP) is 1.86. The Morgan fingerprint density at radius 1 is 1.60 bits per heavy atom. The quantitative estimate of drug-likeness (QED) is 0.630. The highest BCUT2D eigenvalue weighted by molar-refractivity contribution is 9.10. The highest BCUT2D eigenvalue weighted by atomic mass is 79.9. The number of halogens is 1. The molecule has 1 rings (SSSR count). The number of carbonyl (C=O) groups is 1. The van der Waals surface area contributed by atoms with Crippen LogP contribution < -0.4 is 0 Å². The normalized spacial score (nSPS) is 12.2. The van der Waals surface area contributed by atoms with Crippen molar-refractivity contribution in [2.45, 2.75) is 11.8 Å². The first-order chi connectivity index (χ1) is 7.07. The third-order valence-corrected chi connectivity index (χ3v) is 3.33. The minimum absolute atomic E-state index is 0.0413. The van der Waals surface area contributed by atoms with Crippen LogP contribution >= 0.6 is 15.9 Å². The van der Waals surface area contributed by atoms with Crippen molar-refractivity contribution in [3.63, 3.8) is 0 Å². The molecule has 0 aliphatic heterocycles. The Morgan fingerprint density at radius 3 is 2.80 bits per heavy atom. The third kappa shape index (κ3) is 2.87. The second-order valence-electron chi connectivity index (χ2n) is 2.57. The summed E-state index contributed by atoms with van der Waals surface area (Å²) in [5, 5.41) is 0. The number of benzene rings is 1. The first-order valence-electron chi connectivity index (χ1n) is 4.12. The Balaban J connectivity index is 3.23. The molecule has 1 aromatic carbocycles. The minimum atomic E-state index is -2.47. The maximum atomic E-state index is 11.4. The van der Waals surface area contributed by atoms with Crippen molar-refractivity contribution in [1.82, 2.24) is 0 Å². The van der Waals surface area contributed by atoms with Gasteiger partial charge < -0.3 is 9.29 Å². The van der Waals surface area contributed by atoms with E-state index in [2.05, 4.69) is 15.9 Å². The zero-order valence-electron chi connectivity index (χ0n) is 7.86. The van der Waals surface area contributed by atoms with Crippen molar-refractivity contribution in [1.29, 1.82) is 0 Å². The number of esters is 1. The van der Waals surface area contributed by atoms with Crippen LogP contribution in [0.1, 0.15) is 17.3 Å². The van der Waals surface area contributed by atoms with E-state index in [1.165, 1.54) is 6.07 Å². The molecule has 0 aliphatic rings. The lowest BCUT2D eigenvalue weighted by Crippen LogP contribution is -2.09. The maximum Gasteiger partial charge on any atom is 0.339 e. The van der Waals surface area contributed by atoms with Crippen LogP contribution in [0.25, 0.3) is 0 Å². The molecule has 0 heterocycles. The minimum Gasteiger partial charge on any atom is -0.768 e. The first kappa shape index (κ1) is 12.4. The Hall–Kier alpha value is -0.720. The predicted molar refractivity (Wildman–Crippen MR) is 57.3 cm³/mol. The van der Waals surface area contributed by atoms with Crippen LogP contribution in [0.5, 0.6) is 0 Å². The number of hydrogen-bond acceptors (Lipinski definition) is 4. The maximum absolute atomic E-state index is 11.4. The Morgan fingerprint density at radius 2 is 2.27 bits per heavy atom. The van der Waals surface area contributed by atoms with Gasteiger partial charge in [0.1, 0.15) is 0 Å². The molecule has 0 saturated carbocycles. The van der Waals surface area contributed by atoms with E-state index >= 15 is 0 Å². The standard InChI is InChI=1S/C9H9BrO4S/c1-2-14-9(11)6-4-3-5-7(10)8(6)15(12)13/h3-5H,2H2,1H3,(H,12,13)/p-1. The van der Waals surface area contributed by atoms with E-state index < -0.39 is 17.0 Å². The zero-order chi connectivity index (χ0) is 11.4. The van der Waals surface area contributed by atoms with E-state index in [4.69, 9.17) is 4.74 Å². The van der Waals surface area contributed by atoms with Crippen LogP contribution in [0.2, 0.25) is 0 Å². The number of carbonyl (C=O) groups excluding carboxylic acids is 1. The lowest BCUT2D eigenvalue weighted by molar-refractivity contribution is 0.0521. The summed E-state index contributed by atoms with van der Waals surface area (Å²) in [5.74, 6) is -0.641. The van der Waals surface area contributed by atoms with Gasteiger partial charge in [0.15, 0.2) is 0 Å². The fourth-order valence-corrected chi connectivity index (χ4v) is 2.37. The second kappa shape index (κ2) is 5.39. The monoisotopic (exact) mass is 291 g/mol. The summed E-state index contributed by atoms with van der Waals surface area (Å²) in [4.78, 5) is 11.3. The van der Waals surface area contributed by atoms with Gasteiger partial charge in [-0.3, -0.25) is 4.21 Å². The molecule has 82 valence electrons. The number of ether oxygens (including phenoxy) is 1. The fourth-order valence-electron chi connectivity index (χ4n) is 1.05. The van der Waals surface area contributed by atoms with Gasteiger partial charge in [0.25, 0.3) is 0 Å². The number of rotatable bonds is 3. The van der Waals surface area contributed by atoms with Gasteiger partial charge in [-0.2, -0.15) is 0 Å². The van der Waals surface area contributed by atoms with E-state index in [0.717, 1.165) is 0 Å². The van der Waals surface area contributed by atoms with Crippen molar-refractivity contribution in [2.24, 2.45) is 0 Å². The molecule has 0 bridgehead atoms. The molecule has 0 aromatic heterocycles. The second-order valence-corrected chi connectivity index (χ2v) is 4.30. The Kier molecular flexibility index (Phi) is 4.44. The van der Waals surface area contributed by atoms with Gasteiger partial charge in [-0.1, -0.05) is 6.07 Å². The van der Waals surface area contributed by atoms with E-state index in [0.29, 0.717) is 4.47 Å². The topological polar surface area (TPSA) is 66.4 Å². The summed E-state index contributed by atoms with van der Waals surface area (Å²) in [5.41, 5.74) is 0.0413. The van der Waals surface area contributed by atoms with Crippen molar-refractivity contribution < 1.29 is 18.3 Å².